The molecular formula is C127H80N12. The lowest BCUT2D eigenvalue weighted by Crippen LogP contribution is -2.06. The third kappa shape index (κ3) is 14.5. The van der Waals surface area contributed by atoms with E-state index in [-0.39, 0.29) is 0 Å². The van der Waals surface area contributed by atoms with E-state index in [0.717, 1.165) is 83.4 Å². The van der Waals surface area contributed by atoms with E-state index in [9.17, 15) is 0 Å². The van der Waals surface area contributed by atoms with E-state index in [2.05, 4.69) is 390 Å². The predicted molar refractivity (Wildman–Crippen MR) is 574 cm³/mol. The van der Waals surface area contributed by atoms with Crippen LogP contribution in [-0.2, 0) is 0 Å². The van der Waals surface area contributed by atoms with Crippen LogP contribution in [0.3, 0.4) is 0 Å². The van der Waals surface area contributed by atoms with Crippen molar-refractivity contribution in [3.05, 3.63) is 485 Å². The third-order valence-electron chi connectivity index (χ3n) is 26.9. The number of aromatic nitrogens is 12. The standard InChI is InChI=1S/C45H28N4.C43H28N4.C39H24N4/c1-2-13-29(14-3-1)43-46-44(48-45(47-43)49-41-23-10-8-21-38(41)39-22-9-11-24-42(39)49)32-16-12-15-30(27-32)31-25-26-37-35-19-5-4-17-33(35)34-18-6-7-20-36(34)40(37)28-31;1-3-11-30(12-4-1)41-44-42(31-13-5-2-6-14-31)46-43(45-41)32-21-19-29(20-22-32)33-23-24-35-28-36(26-25-34(35)27-33)47-39-17-9-7-15-37(39)38-16-8-10-18-40(38)47;1-2-12-25(13-3-1)37-40-38(42-39(41-37)43-35-20-10-8-18-32(35)33-19-9-11-21-36(33)43)26-22-23-31-29-16-5-4-14-27(29)28-15-6-7-17-30(28)34(31)24-26/h1-28H;1-28H;1-24H. The van der Waals surface area contributed by atoms with Crippen LogP contribution in [0.1, 0.15) is 0 Å². The largest absolute Gasteiger partial charge is 0.309 e. The van der Waals surface area contributed by atoms with Crippen LogP contribution in [0.5, 0.6) is 0 Å². The molecule has 0 fully saturated rings. The summed E-state index contributed by atoms with van der Waals surface area (Å²) < 4.78 is 6.68. The second-order valence-corrected chi connectivity index (χ2v) is 35.1. The van der Waals surface area contributed by atoms with Gasteiger partial charge in [-0.3, -0.25) is 9.13 Å². The number of rotatable bonds is 12. The molecule has 0 N–H and O–H groups in total. The zero-order valence-corrected chi connectivity index (χ0v) is 75.1. The molecule has 0 atom stereocenters. The number of hydrogen-bond donors (Lipinski definition) is 0. The maximum atomic E-state index is 5.17. The second-order valence-electron chi connectivity index (χ2n) is 35.1. The molecule has 139 heavy (non-hydrogen) atoms. The lowest BCUT2D eigenvalue weighted by Gasteiger charge is -2.13. The molecular weight excluding hydrogens is 1690 g/mol. The molecule has 0 spiro atoms. The highest BCUT2D eigenvalue weighted by Gasteiger charge is 2.24. The molecule has 0 saturated heterocycles. The van der Waals surface area contributed by atoms with Crippen LogP contribution in [0, 0.1) is 0 Å². The van der Waals surface area contributed by atoms with Crippen LogP contribution >= 0.6 is 0 Å². The van der Waals surface area contributed by atoms with Crippen LogP contribution in [0.15, 0.2) is 485 Å². The minimum atomic E-state index is 0.593. The third-order valence-corrected chi connectivity index (χ3v) is 26.9. The van der Waals surface area contributed by atoms with E-state index in [4.69, 9.17) is 44.9 Å². The summed E-state index contributed by atoms with van der Waals surface area (Å²) in [5, 5.41) is 24.6. The normalized spacial score (nSPS) is 11.6. The topological polar surface area (TPSA) is 131 Å². The van der Waals surface area contributed by atoms with E-state index >= 15 is 0 Å². The molecule has 0 aliphatic heterocycles. The van der Waals surface area contributed by atoms with E-state index in [1.54, 1.807) is 0 Å². The lowest BCUT2D eigenvalue weighted by molar-refractivity contribution is 0.953. The summed E-state index contributed by atoms with van der Waals surface area (Å²) in [5.41, 5.74) is 19.1. The van der Waals surface area contributed by atoms with Crippen LogP contribution < -0.4 is 0 Å². The van der Waals surface area contributed by atoms with E-state index in [0.29, 0.717) is 52.7 Å². The Morgan fingerprint density at radius 2 is 0.331 bits per heavy atom. The predicted octanol–water partition coefficient (Wildman–Crippen LogP) is 32.0. The molecule has 28 aromatic rings. The molecule has 0 bridgehead atoms. The zero-order valence-electron chi connectivity index (χ0n) is 75.1. The van der Waals surface area contributed by atoms with Crippen molar-refractivity contribution in [2.45, 2.75) is 0 Å². The van der Waals surface area contributed by atoms with Gasteiger partial charge in [0, 0.05) is 76.9 Å². The smallest absolute Gasteiger partial charge is 0.238 e. The number of para-hydroxylation sites is 6. The Kier molecular flexibility index (Phi) is 20.0. The SMILES string of the molecule is c1ccc(-c2nc(-c3ccc4c5ccccc5c5ccccc5c4c3)nc(-n3c4ccccc4c4ccccc43)n2)cc1.c1ccc(-c2nc(-c3cccc(-c4ccc5c6ccccc6c6ccccc6c5c4)c3)nc(-n3c4ccccc4c4ccccc43)n2)cc1.c1ccc(-c2nc(-c3ccccc3)nc(-c3ccc(-c4ccc5cc(-n6c7ccccc7c7ccccc76)ccc5c4)cc3)n2)cc1. The first-order chi connectivity index (χ1) is 68.9. The Morgan fingerprint density at radius 3 is 0.698 bits per heavy atom. The van der Waals surface area contributed by atoms with Gasteiger partial charge >= 0.3 is 0 Å². The van der Waals surface area contributed by atoms with Crippen molar-refractivity contribution in [3.8, 4) is 120 Å². The molecule has 0 radical (unpaired) electrons. The van der Waals surface area contributed by atoms with Crippen molar-refractivity contribution in [1.29, 1.82) is 0 Å². The van der Waals surface area contributed by atoms with Gasteiger partial charge in [0.15, 0.2) is 40.8 Å². The first-order valence-electron chi connectivity index (χ1n) is 46.8. The molecule has 12 nitrogen and oxygen atoms in total. The van der Waals surface area contributed by atoms with Crippen LogP contribution in [-0.4, -0.2) is 58.6 Å². The molecule has 0 aliphatic carbocycles. The fraction of sp³-hybridized carbons (Fsp3) is 0. The molecule has 0 unspecified atom stereocenters. The average molecular weight is 1770 g/mol. The molecule has 6 aromatic heterocycles. The summed E-state index contributed by atoms with van der Waals surface area (Å²) in [7, 11) is 0. The van der Waals surface area contributed by atoms with Gasteiger partial charge in [0.2, 0.25) is 11.9 Å². The van der Waals surface area contributed by atoms with E-state index < -0.39 is 0 Å². The summed E-state index contributed by atoms with van der Waals surface area (Å²) in [6.45, 7) is 0. The molecule has 6 heterocycles. The van der Waals surface area contributed by atoms with Crippen molar-refractivity contribution in [2.24, 2.45) is 0 Å². The van der Waals surface area contributed by atoms with Gasteiger partial charge in [-0.25, -0.2) is 24.9 Å². The van der Waals surface area contributed by atoms with Crippen molar-refractivity contribution < 1.29 is 0 Å². The van der Waals surface area contributed by atoms with Gasteiger partial charge in [0.25, 0.3) is 0 Å². The summed E-state index contributed by atoms with van der Waals surface area (Å²) in [6, 6.07) is 170. The first kappa shape index (κ1) is 80.9. The average Bonchev–Trinajstić information content (AvgIpc) is 1.70. The highest BCUT2D eigenvalue weighted by Crippen LogP contribution is 2.44. The molecule has 28 rings (SSSR count). The minimum absolute atomic E-state index is 0.593. The Labute approximate surface area is 798 Å². The van der Waals surface area contributed by atoms with E-state index in [1.165, 1.54) is 124 Å². The monoisotopic (exact) mass is 1770 g/mol. The number of benzene rings is 22. The van der Waals surface area contributed by atoms with Crippen molar-refractivity contribution in [2.75, 3.05) is 0 Å². The summed E-state index contributed by atoms with van der Waals surface area (Å²) in [4.78, 5) is 45.2. The molecule has 0 amide bonds. The fourth-order valence-corrected chi connectivity index (χ4v) is 20.4. The summed E-state index contributed by atoms with van der Waals surface area (Å²) in [6.07, 6.45) is 0. The van der Waals surface area contributed by atoms with Gasteiger partial charge in [0.1, 0.15) is 0 Å². The Balaban J connectivity index is 0.000000108. The molecule has 648 valence electrons. The molecule has 12 heteroatoms. The van der Waals surface area contributed by atoms with Crippen molar-refractivity contribution in [3.63, 3.8) is 0 Å². The Bertz CT molecular complexity index is 9430. The van der Waals surface area contributed by atoms with Crippen molar-refractivity contribution >= 4 is 141 Å². The zero-order chi connectivity index (χ0) is 91.8. The first-order valence-corrected chi connectivity index (χ1v) is 46.8. The number of fused-ring (bicyclic) bond motifs is 22. The van der Waals surface area contributed by atoms with Gasteiger partial charge in [-0.1, -0.05) is 413 Å². The maximum Gasteiger partial charge on any atom is 0.238 e. The van der Waals surface area contributed by atoms with Crippen molar-refractivity contribution in [1.82, 2.24) is 58.6 Å². The van der Waals surface area contributed by atoms with Gasteiger partial charge in [-0.2, -0.15) is 19.9 Å². The Hall–Kier alpha value is -18.9. The maximum absolute atomic E-state index is 5.17. The number of hydrogen-bond acceptors (Lipinski definition) is 9. The van der Waals surface area contributed by atoms with Crippen LogP contribution in [0.2, 0.25) is 0 Å². The molecule has 0 aliphatic rings. The molecule has 22 aromatic carbocycles. The van der Waals surface area contributed by atoms with Gasteiger partial charge < -0.3 is 4.57 Å². The molecule has 0 saturated carbocycles. The summed E-state index contributed by atoms with van der Waals surface area (Å²) in [5.74, 6) is 5.72. The summed E-state index contributed by atoms with van der Waals surface area (Å²) >= 11 is 0. The van der Waals surface area contributed by atoms with E-state index in [1.807, 2.05) is 109 Å². The highest BCUT2D eigenvalue weighted by atomic mass is 15.2. The minimum Gasteiger partial charge on any atom is -0.309 e. The quantitative estimate of drug-likeness (QED) is 0.110. The highest BCUT2D eigenvalue weighted by molar-refractivity contribution is 6.27. The number of nitrogens with zero attached hydrogens (tertiary/aromatic N) is 12. The van der Waals surface area contributed by atoms with Crippen LogP contribution in [0.25, 0.3) is 260 Å². The van der Waals surface area contributed by atoms with Gasteiger partial charge in [0.05, 0.1) is 33.1 Å². The van der Waals surface area contributed by atoms with Crippen LogP contribution in [0.4, 0.5) is 0 Å². The lowest BCUT2D eigenvalue weighted by atomic mass is 9.92. The Morgan fingerprint density at radius 1 is 0.115 bits per heavy atom. The van der Waals surface area contributed by atoms with Gasteiger partial charge in [-0.05, 0) is 170 Å². The second kappa shape index (κ2) is 34.3. The van der Waals surface area contributed by atoms with Gasteiger partial charge in [-0.15, -0.1) is 0 Å². The fourth-order valence-electron chi connectivity index (χ4n) is 20.4.